The Bertz CT molecular complexity index is 1400. The van der Waals surface area contributed by atoms with Crippen molar-refractivity contribution in [2.75, 3.05) is 0 Å². The van der Waals surface area contributed by atoms with Crippen molar-refractivity contribution in [2.45, 2.75) is 36.6 Å². The number of hydrogen-bond acceptors (Lipinski definition) is 6. The van der Waals surface area contributed by atoms with Gasteiger partial charge in [-0.25, -0.2) is 17.8 Å². The van der Waals surface area contributed by atoms with Crippen molar-refractivity contribution >= 4 is 32.4 Å². The first-order chi connectivity index (χ1) is 15.2. The van der Waals surface area contributed by atoms with Crippen LogP contribution in [0.5, 0.6) is 0 Å². The van der Waals surface area contributed by atoms with Crippen LogP contribution < -0.4 is 5.73 Å². The molecule has 0 saturated carbocycles. The van der Waals surface area contributed by atoms with E-state index in [-0.39, 0.29) is 17.1 Å². The van der Waals surface area contributed by atoms with Crippen molar-refractivity contribution in [3.63, 3.8) is 0 Å². The van der Waals surface area contributed by atoms with E-state index in [1.165, 1.54) is 6.07 Å². The van der Waals surface area contributed by atoms with Crippen molar-refractivity contribution in [3.05, 3.63) is 76.7 Å². The highest BCUT2D eigenvalue weighted by atomic mass is 35.5. The largest absolute Gasteiger partial charge is 0.356 e. The summed E-state index contributed by atoms with van der Waals surface area (Å²) in [6.07, 6.45) is 0.00587. The highest BCUT2D eigenvalue weighted by Gasteiger charge is 2.24. The Hall–Kier alpha value is -2.81. The molecule has 2 aromatic carbocycles. The maximum atomic E-state index is 14.5. The molecule has 0 aliphatic heterocycles. The fourth-order valence-electron chi connectivity index (χ4n) is 3.47. The second-order valence-electron chi connectivity index (χ2n) is 7.74. The number of nitrogens with two attached hydrogens (primary N) is 1. The number of nitrogens with zero attached hydrogens (tertiary/aromatic N) is 2. The molecular weight excluding hydrogens is 453 g/mol. The van der Waals surface area contributed by atoms with Crippen LogP contribution in [0.4, 0.5) is 4.39 Å². The number of halogens is 2. The van der Waals surface area contributed by atoms with E-state index >= 15 is 0 Å². The van der Waals surface area contributed by atoms with Crippen molar-refractivity contribution < 1.29 is 17.3 Å². The van der Waals surface area contributed by atoms with Gasteiger partial charge in [-0.05, 0) is 43.7 Å². The minimum absolute atomic E-state index is 0.00587. The van der Waals surface area contributed by atoms with Crippen LogP contribution in [0.25, 0.3) is 22.2 Å². The lowest BCUT2D eigenvalue weighted by Gasteiger charge is -2.16. The quantitative estimate of drug-likeness (QED) is 0.418. The van der Waals surface area contributed by atoms with Gasteiger partial charge in [0, 0.05) is 34.5 Å². The van der Waals surface area contributed by atoms with Crippen LogP contribution in [-0.4, -0.2) is 23.8 Å². The molecule has 0 saturated heterocycles. The summed E-state index contributed by atoms with van der Waals surface area (Å²) in [4.78, 5) is 4.09. The van der Waals surface area contributed by atoms with E-state index in [0.717, 1.165) is 17.0 Å². The predicted molar refractivity (Wildman–Crippen MR) is 122 cm³/mol. The van der Waals surface area contributed by atoms with Crippen LogP contribution in [0, 0.1) is 5.82 Å². The first kappa shape index (κ1) is 22.4. The normalized spacial score (nSPS) is 13.1. The van der Waals surface area contributed by atoms with Crippen LogP contribution in [-0.2, 0) is 16.3 Å². The topological polar surface area (TPSA) is 99.1 Å². The van der Waals surface area contributed by atoms with Crippen LogP contribution in [0.2, 0.25) is 5.02 Å². The fourth-order valence-corrected chi connectivity index (χ4v) is 4.61. The van der Waals surface area contributed by atoms with Gasteiger partial charge in [-0.2, -0.15) is 0 Å². The van der Waals surface area contributed by atoms with E-state index in [2.05, 4.69) is 10.1 Å². The minimum Gasteiger partial charge on any atom is -0.356 e. The first-order valence-corrected chi connectivity index (χ1v) is 11.9. The summed E-state index contributed by atoms with van der Waals surface area (Å²) in [5.41, 5.74) is 9.01. The molecule has 0 fully saturated rings. The maximum Gasteiger partial charge on any atom is 0.197 e. The molecule has 2 aromatic heterocycles. The average molecular weight is 474 g/mol. The molecule has 32 heavy (non-hydrogen) atoms. The van der Waals surface area contributed by atoms with Gasteiger partial charge in [0.15, 0.2) is 20.4 Å². The zero-order chi connectivity index (χ0) is 23.0. The van der Waals surface area contributed by atoms with Gasteiger partial charge in [0.05, 0.1) is 10.9 Å². The third-order valence-corrected chi connectivity index (χ3v) is 7.55. The summed E-state index contributed by atoms with van der Waals surface area (Å²) in [5, 5.41) is 4.65. The van der Waals surface area contributed by atoms with E-state index in [1.807, 2.05) is 30.3 Å². The number of aromatic nitrogens is 2. The SMILES string of the molecule is CC(C)S(=O)(=O)c1ccc(F)c(CC(N)c2ccccc2-c2noc3cc(Cl)ccc23)n1. The molecule has 0 aliphatic carbocycles. The molecule has 6 nitrogen and oxygen atoms in total. The molecule has 1 unspecified atom stereocenters. The molecule has 1 atom stereocenters. The van der Waals surface area contributed by atoms with Crippen molar-refractivity contribution in [1.82, 2.24) is 10.1 Å². The second-order valence-corrected chi connectivity index (χ2v) is 10.6. The van der Waals surface area contributed by atoms with E-state index < -0.39 is 26.9 Å². The molecule has 0 amide bonds. The predicted octanol–water partition coefficient (Wildman–Crippen LogP) is 5.11. The zero-order valence-electron chi connectivity index (χ0n) is 17.4. The Kier molecular flexibility index (Phi) is 6.03. The van der Waals surface area contributed by atoms with Crippen LogP contribution >= 0.6 is 11.6 Å². The minimum atomic E-state index is -3.64. The number of hydrogen-bond donors (Lipinski definition) is 1. The third kappa shape index (κ3) is 4.13. The van der Waals surface area contributed by atoms with Gasteiger partial charge in [0.2, 0.25) is 0 Å². The maximum absolute atomic E-state index is 14.5. The van der Waals surface area contributed by atoms with Gasteiger partial charge in [-0.1, -0.05) is 41.0 Å². The summed E-state index contributed by atoms with van der Waals surface area (Å²) >= 11 is 6.03. The van der Waals surface area contributed by atoms with Gasteiger partial charge < -0.3 is 10.3 Å². The Morgan fingerprint density at radius 2 is 1.88 bits per heavy atom. The summed E-state index contributed by atoms with van der Waals surface area (Å²) in [7, 11) is -3.64. The number of sulfone groups is 1. The Morgan fingerprint density at radius 1 is 1.12 bits per heavy atom. The monoisotopic (exact) mass is 473 g/mol. The second kappa shape index (κ2) is 8.61. The van der Waals surface area contributed by atoms with Gasteiger partial charge in [-0.15, -0.1) is 0 Å². The van der Waals surface area contributed by atoms with Gasteiger partial charge in [0.1, 0.15) is 11.5 Å². The number of benzene rings is 2. The Labute approximate surface area is 190 Å². The molecule has 166 valence electrons. The van der Waals surface area contributed by atoms with Crippen molar-refractivity contribution in [1.29, 1.82) is 0 Å². The molecule has 0 spiro atoms. The van der Waals surface area contributed by atoms with E-state index in [9.17, 15) is 12.8 Å². The van der Waals surface area contributed by atoms with Gasteiger partial charge >= 0.3 is 0 Å². The number of pyridine rings is 1. The molecule has 2 N–H and O–H groups in total. The third-order valence-electron chi connectivity index (χ3n) is 5.27. The smallest absolute Gasteiger partial charge is 0.197 e. The standard InChI is InChI=1S/C23H21ClFN3O3S/c1-13(2)32(29,30)22-10-9-18(25)20(27-22)12-19(26)15-5-3-4-6-16(15)23-17-8-7-14(24)11-21(17)31-28-23/h3-11,13,19H,12,26H2,1-2H3. The molecule has 4 aromatic rings. The summed E-state index contributed by atoms with van der Waals surface area (Å²) in [6.45, 7) is 3.11. The molecule has 4 rings (SSSR count). The number of rotatable bonds is 6. The van der Waals surface area contributed by atoms with Crippen molar-refractivity contribution in [2.24, 2.45) is 5.73 Å². The zero-order valence-corrected chi connectivity index (χ0v) is 19.0. The summed E-state index contributed by atoms with van der Waals surface area (Å²) < 4.78 is 44.8. The number of fused-ring (bicyclic) bond motifs is 1. The lowest BCUT2D eigenvalue weighted by Crippen LogP contribution is -2.19. The Morgan fingerprint density at radius 3 is 2.62 bits per heavy atom. The molecule has 2 heterocycles. The molecule has 0 radical (unpaired) electrons. The summed E-state index contributed by atoms with van der Waals surface area (Å²) in [6, 6.07) is 14.2. The highest BCUT2D eigenvalue weighted by molar-refractivity contribution is 7.91. The highest BCUT2D eigenvalue weighted by Crippen LogP contribution is 2.34. The van der Waals surface area contributed by atoms with Crippen LogP contribution in [0.3, 0.4) is 0 Å². The van der Waals surface area contributed by atoms with Gasteiger partial charge in [-0.3, -0.25) is 0 Å². The lowest BCUT2D eigenvalue weighted by molar-refractivity contribution is 0.459. The summed E-state index contributed by atoms with van der Waals surface area (Å²) in [5.74, 6) is -0.609. The molecule has 0 aliphatic rings. The van der Waals surface area contributed by atoms with Crippen LogP contribution in [0.1, 0.15) is 31.1 Å². The van der Waals surface area contributed by atoms with Crippen molar-refractivity contribution in [3.8, 4) is 11.3 Å². The molecule has 9 heteroatoms. The van der Waals surface area contributed by atoms with E-state index in [0.29, 0.717) is 21.9 Å². The van der Waals surface area contributed by atoms with E-state index in [1.54, 1.807) is 26.0 Å². The van der Waals surface area contributed by atoms with E-state index in [4.69, 9.17) is 21.9 Å². The Balaban J connectivity index is 1.72. The molecular formula is C23H21ClFN3O3S. The van der Waals surface area contributed by atoms with Gasteiger partial charge in [0.25, 0.3) is 0 Å². The average Bonchev–Trinajstić information content (AvgIpc) is 3.17. The first-order valence-electron chi connectivity index (χ1n) is 9.97. The fraction of sp³-hybridized carbons (Fsp3) is 0.217. The lowest BCUT2D eigenvalue weighted by atomic mass is 9.94. The van der Waals surface area contributed by atoms with Crippen LogP contribution in [0.15, 0.2) is 64.1 Å². The molecule has 0 bridgehead atoms.